The van der Waals surface area contributed by atoms with Gasteiger partial charge in [0.2, 0.25) is 6.41 Å². The summed E-state index contributed by atoms with van der Waals surface area (Å²) >= 11 is 0. The fourth-order valence-corrected chi connectivity index (χ4v) is 2.13. The van der Waals surface area contributed by atoms with Gasteiger partial charge in [-0.05, 0) is 44.4 Å². The van der Waals surface area contributed by atoms with Crippen molar-refractivity contribution in [3.05, 3.63) is 12.2 Å². The zero-order valence-corrected chi connectivity index (χ0v) is 12.4. The van der Waals surface area contributed by atoms with Gasteiger partial charge in [0, 0.05) is 12.1 Å². The molecule has 0 aromatic rings. The van der Waals surface area contributed by atoms with E-state index >= 15 is 0 Å². The van der Waals surface area contributed by atoms with Crippen molar-refractivity contribution >= 4 is 12.4 Å². The molecule has 0 aliphatic heterocycles. The maximum Gasteiger partial charge on any atom is 0.333 e. The lowest BCUT2D eigenvalue weighted by Crippen LogP contribution is -2.27. The minimum absolute atomic E-state index is 0.297. The van der Waals surface area contributed by atoms with Crippen LogP contribution in [0.15, 0.2) is 12.2 Å². The zero-order chi connectivity index (χ0) is 14.7. The number of nitrogens with one attached hydrogen (secondary N) is 1. The molecule has 0 atom stereocenters. The highest BCUT2D eigenvalue weighted by Gasteiger charge is 2.22. The third-order valence-electron chi connectivity index (χ3n) is 3.25. The second-order valence-corrected chi connectivity index (χ2v) is 4.79. The van der Waals surface area contributed by atoms with Crippen molar-refractivity contribution in [3.8, 4) is 0 Å². The van der Waals surface area contributed by atoms with Crippen LogP contribution >= 0.6 is 0 Å². The number of carbonyl (C=O) groups is 2. The summed E-state index contributed by atoms with van der Waals surface area (Å²) in [5, 5.41) is 2.72. The van der Waals surface area contributed by atoms with E-state index in [1.807, 2.05) is 13.8 Å². The Hall–Kier alpha value is -1.32. The molecule has 0 unspecified atom stereocenters. The average Bonchev–Trinajstić information content (AvgIpc) is 2.45. The minimum atomic E-state index is -0.297. The van der Waals surface area contributed by atoms with Gasteiger partial charge in [-0.2, -0.15) is 0 Å². The van der Waals surface area contributed by atoms with Crippen molar-refractivity contribution in [2.24, 2.45) is 11.8 Å². The Labute approximate surface area is 116 Å². The summed E-state index contributed by atoms with van der Waals surface area (Å²) < 4.78 is 5.15. The number of ether oxygens (including phenoxy) is 1. The van der Waals surface area contributed by atoms with Crippen LogP contribution in [0.2, 0.25) is 0 Å². The van der Waals surface area contributed by atoms with E-state index in [9.17, 15) is 9.59 Å². The maximum atomic E-state index is 11.2. The van der Waals surface area contributed by atoms with Crippen LogP contribution in [-0.2, 0) is 14.3 Å². The Kier molecular flexibility index (Phi) is 9.85. The largest absolute Gasteiger partial charge is 0.462 e. The zero-order valence-electron chi connectivity index (χ0n) is 12.4. The molecule has 0 spiro atoms. The highest BCUT2D eigenvalue weighted by molar-refractivity contribution is 5.86. The van der Waals surface area contributed by atoms with Crippen molar-refractivity contribution in [1.29, 1.82) is 0 Å². The summed E-state index contributed by atoms with van der Waals surface area (Å²) in [4.78, 5) is 21.4. The Bertz CT molecular complexity index is 281. The highest BCUT2D eigenvalue weighted by atomic mass is 16.5. The van der Waals surface area contributed by atoms with Gasteiger partial charge in [-0.25, -0.2) is 4.79 Å². The van der Waals surface area contributed by atoms with E-state index in [-0.39, 0.29) is 5.97 Å². The molecule has 110 valence electrons. The number of hydrogen-bond donors (Lipinski definition) is 1. The first-order chi connectivity index (χ1) is 9.13. The quantitative estimate of drug-likeness (QED) is 0.458. The molecule has 1 aliphatic carbocycles. The van der Waals surface area contributed by atoms with Gasteiger partial charge in [0.05, 0.1) is 6.61 Å². The Balaban J connectivity index is 0.00000154. The monoisotopic (exact) mass is 269 g/mol. The summed E-state index contributed by atoms with van der Waals surface area (Å²) in [5.74, 6) is 0.744. The molecule has 1 aliphatic rings. The number of esters is 1. The second-order valence-electron chi connectivity index (χ2n) is 4.79. The normalized spacial score (nSPS) is 21.6. The molecule has 0 heterocycles. The molecule has 0 radical (unpaired) electrons. The third-order valence-corrected chi connectivity index (χ3v) is 3.25. The van der Waals surface area contributed by atoms with Crippen molar-refractivity contribution in [2.75, 3.05) is 13.2 Å². The lowest BCUT2D eigenvalue weighted by atomic mass is 9.82. The van der Waals surface area contributed by atoms with Gasteiger partial charge < -0.3 is 10.1 Å². The Morgan fingerprint density at radius 3 is 2.26 bits per heavy atom. The van der Waals surface area contributed by atoms with E-state index in [1.165, 1.54) is 0 Å². The van der Waals surface area contributed by atoms with Gasteiger partial charge in [0.1, 0.15) is 0 Å². The lowest BCUT2D eigenvalue weighted by Gasteiger charge is -2.27. The average molecular weight is 269 g/mol. The fraction of sp³-hybridized carbons (Fsp3) is 0.733. The first-order valence-corrected chi connectivity index (χ1v) is 7.13. The van der Waals surface area contributed by atoms with Gasteiger partial charge in [0.15, 0.2) is 0 Å². The summed E-state index contributed by atoms with van der Waals surface area (Å²) in [6.07, 6.45) is 5.07. The minimum Gasteiger partial charge on any atom is -0.462 e. The van der Waals surface area contributed by atoms with E-state index in [4.69, 9.17) is 4.74 Å². The molecule has 1 amide bonds. The molecule has 0 aromatic heterocycles. The van der Waals surface area contributed by atoms with Crippen LogP contribution in [0.5, 0.6) is 0 Å². The van der Waals surface area contributed by atoms with Gasteiger partial charge in [-0.3, -0.25) is 4.79 Å². The predicted octanol–water partition coefficient (Wildman–Crippen LogP) is 2.68. The van der Waals surface area contributed by atoms with Crippen LogP contribution in [0.4, 0.5) is 0 Å². The van der Waals surface area contributed by atoms with Gasteiger partial charge in [-0.15, -0.1) is 0 Å². The van der Waals surface area contributed by atoms with Crippen LogP contribution in [0.3, 0.4) is 0 Å². The standard InChI is InChI=1S/C13H21NO3.C2H6/c1-10(2)13(16)17-8-12-5-3-11(4-6-12)7-14-9-15;1-2/h9,11-12H,1,3-8H2,2H3,(H,14,15);1-2H3. The van der Waals surface area contributed by atoms with E-state index in [2.05, 4.69) is 11.9 Å². The topological polar surface area (TPSA) is 55.4 Å². The molecule has 0 saturated heterocycles. The van der Waals surface area contributed by atoms with Crippen molar-refractivity contribution < 1.29 is 14.3 Å². The molecule has 1 saturated carbocycles. The Morgan fingerprint density at radius 1 is 1.26 bits per heavy atom. The van der Waals surface area contributed by atoms with Crippen molar-refractivity contribution in [3.63, 3.8) is 0 Å². The van der Waals surface area contributed by atoms with Gasteiger partial charge in [-0.1, -0.05) is 20.4 Å². The molecular weight excluding hydrogens is 242 g/mol. The SMILES string of the molecule is C=C(C)C(=O)OCC1CCC(CNC=O)CC1.CC. The van der Waals surface area contributed by atoms with Crippen LogP contribution in [0.25, 0.3) is 0 Å². The van der Waals surface area contributed by atoms with Crippen LogP contribution in [0, 0.1) is 11.8 Å². The molecular formula is C15H27NO3. The summed E-state index contributed by atoms with van der Waals surface area (Å²) in [5.41, 5.74) is 0.453. The summed E-state index contributed by atoms with van der Waals surface area (Å²) in [6.45, 7) is 10.5. The molecule has 1 rings (SSSR count). The summed E-state index contributed by atoms with van der Waals surface area (Å²) in [7, 11) is 0. The number of amides is 1. The predicted molar refractivity (Wildman–Crippen MR) is 76.6 cm³/mol. The van der Waals surface area contributed by atoms with E-state index in [0.29, 0.717) is 24.0 Å². The molecule has 19 heavy (non-hydrogen) atoms. The van der Waals surface area contributed by atoms with Crippen LogP contribution in [0.1, 0.15) is 46.5 Å². The van der Waals surface area contributed by atoms with Crippen LogP contribution < -0.4 is 5.32 Å². The smallest absolute Gasteiger partial charge is 0.333 e. The number of rotatable bonds is 6. The number of hydrogen-bond acceptors (Lipinski definition) is 3. The van der Waals surface area contributed by atoms with Crippen LogP contribution in [-0.4, -0.2) is 25.5 Å². The first-order valence-electron chi connectivity index (χ1n) is 7.13. The summed E-state index contributed by atoms with van der Waals surface area (Å²) in [6, 6.07) is 0. The molecule has 1 fully saturated rings. The molecule has 4 nitrogen and oxygen atoms in total. The lowest BCUT2D eigenvalue weighted by molar-refractivity contribution is -0.140. The molecule has 1 N–H and O–H groups in total. The molecule has 0 aromatic carbocycles. The number of carbonyl (C=O) groups excluding carboxylic acids is 2. The van der Waals surface area contributed by atoms with Crippen molar-refractivity contribution in [2.45, 2.75) is 46.5 Å². The van der Waals surface area contributed by atoms with Gasteiger partial charge >= 0.3 is 5.97 Å². The van der Waals surface area contributed by atoms with Crippen molar-refractivity contribution in [1.82, 2.24) is 5.32 Å². The van der Waals surface area contributed by atoms with E-state index in [1.54, 1.807) is 6.92 Å². The molecule has 0 bridgehead atoms. The van der Waals surface area contributed by atoms with E-state index in [0.717, 1.165) is 38.6 Å². The second kappa shape index (κ2) is 10.6. The molecule has 4 heteroatoms. The maximum absolute atomic E-state index is 11.2. The highest BCUT2D eigenvalue weighted by Crippen LogP contribution is 2.28. The first kappa shape index (κ1) is 17.7. The third kappa shape index (κ3) is 7.65. The Morgan fingerprint density at radius 2 is 1.79 bits per heavy atom. The fourth-order valence-electron chi connectivity index (χ4n) is 2.13. The van der Waals surface area contributed by atoms with E-state index < -0.39 is 0 Å². The van der Waals surface area contributed by atoms with Gasteiger partial charge in [0.25, 0.3) is 0 Å².